The van der Waals surface area contributed by atoms with Gasteiger partial charge in [-0.15, -0.1) is 0 Å². The molecule has 0 saturated heterocycles. The number of nitrogens with zero attached hydrogens (tertiary/aromatic N) is 1. The molecule has 0 fully saturated rings. The van der Waals surface area contributed by atoms with Crippen molar-refractivity contribution in [1.29, 1.82) is 0 Å². The van der Waals surface area contributed by atoms with Gasteiger partial charge in [0.2, 0.25) is 0 Å². The molecule has 3 N–H and O–H groups in total. The smallest absolute Gasteiger partial charge is 0.314 e. The molecular weight excluding hydrogens is 302 g/mol. The van der Waals surface area contributed by atoms with Gasteiger partial charge in [0, 0.05) is 24.4 Å². The molecule has 0 bridgehead atoms. The summed E-state index contributed by atoms with van der Waals surface area (Å²) in [7, 11) is 0. The zero-order valence-corrected chi connectivity index (χ0v) is 14.4. The number of carbonyl (C=O) groups excluding carboxylic acids is 1. The second-order valence-corrected chi connectivity index (χ2v) is 6.80. The third-order valence-electron chi connectivity index (χ3n) is 4.14. The van der Waals surface area contributed by atoms with Gasteiger partial charge in [0.05, 0.1) is 6.54 Å². The average Bonchev–Trinajstić information content (AvgIpc) is 2.60. The lowest BCUT2D eigenvalue weighted by Crippen LogP contribution is -2.46. The van der Waals surface area contributed by atoms with E-state index in [1.807, 2.05) is 42.5 Å². The van der Waals surface area contributed by atoms with E-state index in [1.165, 1.54) is 0 Å². The van der Waals surface area contributed by atoms with Crippen molar-refractivity contribution < 1.29 is 9.90 Å². The van der Waals surface area contributed by atoms with Crippen molar-refractivity contribution in [3.05, 3.63) is 66.0 Å². The predicted molar refractivity (Wildman–Crippen MR) is 94.7 cm³/mol. The van der Waals surface area contributed by atoms with E-state index in [1.54, 1.807) is 19.3 Å². The molecule has 5 nitrogen and oxygen atoms in total. The summed E-state index contributed by atoms with van der Waals surface area (Å²) in [6, 6.07) is 12.9. The van der Waals surface area contributed by atoms with Crippen molar-refractivity contribution in [2.24, 2.45) is 0 Å². The molecule has 0 aliphatic carbocycles. The number of carbonyl (C=O) groups is 1. The van der Waals surface area contributed by atoms with Gasteiger partial charge in [-0.2, -0.15) is 0 Å². The van der Waals surface area contributed by atoms with E-state index in [9.17, 15) is 9.90 Å². The van der Waals surface area contributed by atoms with Crippen LogP contribution in [0, 0.1) is 0 Å². The third-order valence-corrected chi connectivity index (χ3v) is 4.14. The van der Waals surface area contributed by atoms with Crippen LogP contribution in [0.15, 0.2) is 54.9 Å². The molecule has 2 aromatic rings. The van der Waals surface area contributed by atoms with Gasteiger partial charge < -0.3 is 15.7 Å². The molecule has 24 heavy (non-hydrogen) atoms. The van der Waals surface area contributed by atoms with Gasteiger partial charge in [-0.05, 0) is 30.2 Å². The average molecular weight is 327 g/mol. The Bertz CT molecular complexity index is 597. The largest absolute Gasteiger partial charge is 0.384 e. The first kappa shape index (κ1) is 17.9. The molecule has 0 radical (unpaired) electrons. The van der Waals surface area contributed by atoms with E-state index in [2.05, 4.69) is 29.5 Å². The molecule has 128 valence electrons. The fourth-order valence-electron chi connectivity index (χ4n) is 2.42. The van der Waals surface area contributed by atoms with Gasteiger partial charge in [-0.1, -0.05) is 44.2 Å². The Morgan fingerprint density at radius 3 is 2.17 bits per heavy atom. The number of rotatable bonds is 6. The Labute approximate surface area is 143 Å². The molecule has 0 spiro atoms. The number of nitrogens with one attached hydrogen (secondary N) is 2. The number of benzene rings is 1. The maximum absolute atomic E-state index is 12.1. The van der Waals surface area contributed by atoms with Crippen LogP contribution >= 0.6 is 0 Å². The Hall–Kier alpha value is -2.40. The molecule has 0 aliphatic heterocycles. The highest BCUT2D eigenvalue weighted by Gasteiger charge is 2.25. The number of urea groups is 1. The van der Waals surface area contributed by atoms with Crippen LogP contribution in [0.1, 0.15) is 31.9 Å². The van der Waals surface area contributed by atoms with Gasteiger partial charge in [0.25, 0.3) is 0 Å². The summed E-state index contributed by atoms with van der Waals surface area (Å²) in [6.45, 7) is 6.42. The molecule has 1 atom stereocenters. The van der Waals surface area contributed by atoms with Gasteiger partial charge in [-0.3, -0.25) is 4.98 Å². The molecule has 2 amide bonds. The van der Waals surface area contributed by atoms with Crippen molar-refractivity contribution in [1.82, 2.24) is 15.6 Å². The van der Waals surface area contributed by atoms with E-state index in [4.69, 9.17) is 0 Å². The molecule has 1 aromatic heterocycles. The van der Waals surface area contributed by atoms with Crippen LogP contribution in [-0.4, -0.2) is 29.2 Å². The number of aliphatic hydroxyl groups is 1. The predicted octanol–water partition coefficient (Wildman–Crippen LogP) is 2.57. The maximum atomic E-state index is 12.1. The van der Waals surface area contributed by atoms with Gasteiger partial charge in [0.15, 0.2) is 0 Å². The van der Waals surface area contributed by atoms with Crippen molar-refractivity contribution in [3.8, 4) is 0 Å². The van der Waals surface area contributed by atoms with Crippen LogP contribution in [0.25, 0.3) is 0 Å². The lowest BCUT2D eigenvalue weighted by Gasteiger charge is -2.27. The Morgan fingerprint density at radius 1 is 0.958 bits per heavy atom. The number of amides is 2. The summed E-state index contributed by atoms with van der Waals surface area (Å²) < 4.78 is 0. The Balaban J connectivity index is 1.85. The van der Waals surface area contributed by atoms with E-state index in [-0.39, 0.29) is 18.0 Å². The number of aromatic nitrogens is 1. The number of pyridine rings is 1. The van der Waals surface area contributed by atoms with Crippen LogP contribution in [0.2, 0.25) is 0 Å². The highest BCUT2D eigenvalue weighted by Crippen LogP contribution is 2.21. The van der Waals surface area contributed by atoms with Crippen LogP contribution in [0.3, 0.4) is 0 Å². The first-order chi connectivity index (χ1) is 11.3. The van der Waals surface area contributed by atoms with E-state index < -0.39 is 5.60 Å². The van der Waals surface area contributed by atoms with Crippen molar-refractivity contribution >= 4 is 6.03 Å². The minimum absolute atomic E-state index is 0.137. The van der Waals surface area contributed by atoms with E-state index in [0.29, 0.717) is 6.54 Å². The number of hydrogen-bond donors (Lipinski definition) is 3. The minimum Gasteiger partial charge on any atom is -0.384 e. The molecule has 1 heterocycles. The normalized spacial score (nSPS) is 13.8. The fourth-order valence-corrected chi connectivity index (χ4v) is 2.42. The molecule has 0 saturated carbocycles. The van der Waals surface area contributed by atoms with Crippen molar-refractivity contribution in [2.45, 2.75) is 31.8 Å². The first-order valence-electron chi connectivity index (χ1n) is 8.01. The summed E-state index contributed by atoms with van der Waals surface area (Å²) in [5.74, 6) is 0. The molecule has 1 aromatic carbocycles. The molecule has 5 heteroatoms. The van der Waals surface area contributed by atoms with E-state index >= 15 is 0 Å². The third kappa shape index (κ3) is 4.80. The second-order valence-electron chi connectivity index (χ2n) is 6.80. The zero-order valence-electron chi connectivity index (χ0n) is 14.4. The van der Waals surface area contributed by atoms with Crippen LogP contribution < -0.4 is 10.6 Å². The zero-order chi connectivity index (χ0) is 17.6. The lowest BCUT2D eigenvalue weighted by molar-refractivity contribution is 0.0593. The standard InChI is InChI=1S/C19H25N3O2/c1-18(2,15-9-11-20-12-10-15)13-21-17(23)22-14-19(3,24)16-7-5-4-6-8-16/h4-12,24H,13-14H2,1-3H3,(H2,21,22,23). The van der Waals surface area contributed by atoms with Crippen molar-refractivity contribution in [2.75, 3.05) is 13.1 Å². The topological polar surface area (TPSA) is 74.2 Å². The summed E-state index contributed by atoms with van der Waals surface area (Å²) in [5, 5.41) is 16.1. The van der Waals surface area contributed by atoms with Crippen molar-refractivity contribution in [3.63, 3.8) is 0 Å². The maximum Gasteiger partial charge on any atom is 0.314 e. The Morgan fingerprint density at radius 2 is 1.54 bits per heavy atom. The molecular formula is C19H25N3O2. The highest BCUT2D eigenvalue weighted by atomic mass is 16.3. The minimum atomic E-state index is -1.11. The quantitative estimate of drug-likeness (QED) is 0.763. The van der Waals surface area contributed by atoms with Gasteiger partial charge >= 0.3 is 6.03 Å². The molecule has 2 rings (SSSR count). The summed E-state index contributed by atoms with van der Waals surface area (Å²) >= 11 is 0. The highest BCUT2D eigenvalue weighted by molar-refractivity contribution is 5.74. The van der Waals surface area contributed by atoms with Crippen LogP contribution in [0.5, 0.6) is 0 Å². The fraction of sp³-hybridized carbons (Fsp3) is 0.368. The lowest BCUT2D eigenvalue weighted by atomic mass is 9.85. The summed E-state index contributed by atoms with van der Waals surface area (Å²) in [5.41, 5.74) is 0.554. The first-order valence-corrected chi connectivity index (χ1v) is 8.01. The van der Waals surface area contributed by atoms with Gasteiger partial charge in [-0.25, -0.2) is 4.79 Å². The SMILES string of the molecule is CC(C)(CNC(=O)NCC(C)(O)c1ccccc1)c1ccncc1. The van der Waals surface area contributed by atoms with Crippen LogP contribution in [-0.2, 0) is 11.0 Å². The molecule has 1 unspecified atom stereocenters. The summed E-state index contributed by atoms with van der Waals surface area (Å²) in [6.07, 6.45) is 3.49. The second kappa shape index (κ2) is 7.45. The summed E-state index contributed by atoms with van der Waals surface area (Å²) in [4.78, 5) is 16.1. The monoisotopic (exact) mass is 327 g/mol. The van der Waals surface area contributed by atoms with E-state index in [0.717, 1.165) is 11.1 Å². The van der Waals surface area contributed by atoms with Gasteiger partial charge in [0.1, 0.15) is 5.60 Å². The number of hydrogen-bond acceptors (Lipinski definition) is 3. The van der Waals surface area contributed by atoms with Crippen LogP contribution in [0.4, 0.5) is 4.79 Å². The molecule has 0 aliphatic rings. The Kier molecular flexibility index (Phi) is 5.57.